The lowest BCUT2D eigenvalue weighted by atomic mass is 10.3. The molecule has 0 aliphatic heterocycles. The molecule has 1 N–H and O–H groups in total. The van der Waals surface area contributed by atoms with Crippen LogP contribution < -0.4 is 5.32 Å². The molecule has 0 aromatic carbocycles. The quantitative estimate of drug-likeness (QED) is 0.661. The zero-order chi connectivity index (χ0) is 15.7. The molecule has 0 atom stereocenters. The minimum Gasteiger partial charge on any atom is -0.309 e. The van der Waals surface area contributed by atoms with E-state index < -0.39 is 0 Å². The van der Waals surface area contributed by atoms with Crippen molar-refractivity contribution in [2.45, 2.75) is 46.3 Å². The van der Waals surface area contributed by atoms with Crippen molar-refractivity contribution >= 4 is 0 Å². The van der Waals surface area contributed by atoms with Gasteiger partial charge in [0.05, 0.1) is 12.2 Å². The van der Waals surface area contributed by atoms with E-state index in [-0.39, 0.29) is 0 Å². The molecule has 0 saturated carbocycles. The lowest BCUT2D eigenvalue weighted by Gasteiger charge is -2.21. The summed E-state index contributed by atoms with van der Waals surface area (Å²) in [4.78, 5) is 4.70. The van der Waals surface area contributed by atoms with Crippen LogP contribution in [0.3, 0.4) is 0 Å². The smallest absolute Gasteiger partial charge is 0.0964 e. The summed E-state index contributed by atoms with van der Waals surface area (Å²) in [5.41, 5.74) is 1.01. The van der Waals surface area contributed by atoms with Gasteiger partial charge < -0.3 is 15.1 Å². The van der Waals surface area contributed by atoms with Crippen molar-refractivity contribution in [2.75, 3.05) is 40.3 Å². The molecule has 0 radical (unpaired) electrons. The Balaban J connectivity index is 2.28. The van der Waals surface area contributed by atoms with Gasteiger partial charge in [-0.1, -0.05) is 26.0 Å². The van der Waals surface area contributed by atoms with Gasteiger partial charge in [0.2, 0.25) is 0 Å². The van der Waals surface area contributed by atoms with E-state index >= 15 is 0 Å². The molecule has 1 aromatic heterocycles. The van der Waals surface area contributed by atoms with Crippen LogP contribution in [0.25, 0.3) is 0 Å². The predicted molar refractivity (Wildman–Crippen MR) is 87.3 cm³/mol. The Morgan fingerprint density at radius 3 is 2.62 bits per heavy atom. The summed E-state index contributed by atoms with van der Waals surface area (Å²) in [6.07, 6.45) is 3.25. The first-order valence-corrected chi connectivity index (χ1v) is 8.00. The van der Waals surface area contributed by atoms with Gasteiger partial charge in [0.25, 0.3) is 0 Å². The Hall–Kier alpha value is -0.980. The van der Waals surface area contributed by atoms with Crippen molar-refractivity contribution in [3.63, 3.8) is 0 Å². The minimum atomic E-state index is 0.474. The van der Waals surface area contributed by atoms with Crippen molar-refractivity contribution in [3.05, 3.63) is 11.9 Å². The van der Waals surface area contributed by atoms with E-state index in [0.717, 1.165) is 45.0 Å². The third-order valence-corrected chi connectivity index (χ3v) is 3.45. The van der Waals surface area contributed by atoms with Gasteiger partial charge in [-0.3, -0.25) is 4.68 Å². The third-order valence-electron chi connectivity index (χ3n) is 3.45. The Morgan fingerprint density at radius 1 is 1.24 bits per heavy atom. The van der Waals surface area contributed by atoms with Gasteiger partial charge in [-0.25, -0.2) is 0 Å². The van der Waals surface area contributed by atoms with Gasteiger partial charge >= 0.3 is 0 Å². The summed E-state index contributed by atoms with van der Waals surface area (Å²) in [7, 11) is 4.25. The summed E-state index contributed by atoms with van der Waals surface area (Å²) in [5.74, 6) is 0. The fourth-order valence-electron chi connectivity index (χ4n) is 2.12. The molecule has 1 heterocycles. The Kier molecular flexibility index (Phi) is 8.49. The van der Waals surface area contributed by atoms with E-state index in [1.165, 1.54) is 6.42 Å². The molecule has 0 aliphatic rings. The van der Waals surface area contributed by atoms with Gasteiger partial charge in [0, 0.05) is 25.3 Å². The number of aromatic nitrogens is 3. The van der Waals surface area contributed by atoms with Crippen molar-refractivity contribution < 1.29 is 0 Å². The van der Waals surface area contributed by atoms with E-state index in [9.17, 15) is 0 Å². The summed E-state index contributed by atoms with van der Waals surface area (Å²) in [6.45, 7) is 12.6. The highest BCUT2D eigenvalue weighted by atomic mass is 15.4. The molecular weight excluding hydrogens is 264 g/mol. The van der Waals surface area contributed by atoms with Gasteiger partial charge in [-0.15, -0.1) is 5.10 Å². The number of rotatable bonds is 11. The van der Waals surface area contributed by atoms with Gasteiger partial charge in [0.1, 0.15) is 0 Å². The lowest BCUT2D eigenvalue weighted by molar-refractivity contribution is 0.253. The summed E-state index contributed by atoms with van der Waals surface area (Å²) in [5, 5.41) is 11.8. The second-order valence-corrected chi connectivity index (χ2v) is 6.10. The fraction of sp³-hybridized carbons (Fsp3) is 0.867. The van der Waals surface area contributed by atoms with Crippen LogP contribution in [0.1, 0.15) is 32.9 Å². The first kappa shape index (κ1) is 18.1. The molecule has 0 spiro atoms. The average Bonchev–Trinajstić information content (AvgIpc) is 2.88. The molecule has 1 rings (SSSR count). The van der Waals surface area contributed by atoms with E-state index in [2.05, 4.69) is 60.3 Å². The van der Waals surface area contributed by atoms with Gasteiger partial charge in [0.15, 0.2) is 0 Å². The molecule has 0 saturated heterocycles. The highest BCUT2D eigenvalue weighted by molar-refractivity contribution is 4.91. The molecule has 0 fully saturated rings. The van der Waals surface area contributed by atoms with Crippen LogP contribution in [0.4, 0.5) is 0 Å². The highest BCUT2D eigenvalue weighted by Gasteiger charge is 2.05. The zero-order valence-electron chi connectivity index (χ0n) is 14.3. The fourth-order valence-corrected chi connectivity index (χ4v) is 2.12. The highest BCUT2D eigenvalue weighted by Crippen LogP contribution is 1.97. The second-order valence-electron chi connectivity index (χ2n) is 6.10. The molecule has 0 unspecified atom stereocenters. The maximum atomic E-state index is 4.20. The van der Waals surface area contributed by atoms with Crippen LogP contribution in [0.2, 0.25) is 0 Å². The maximum Gasteiger partial charge on any atom is 0.0964 e. The lowest BCUT2D eigenvalue weighted by Crippen LogP contribution is -2.30. The Labute approximate surface area is 129 Å². The Morgan fingerprint density at radius 2 is 2.00 bits per heavy atom. The zero-order valence-corrected chi connectivity index (χ0v) is 14.3. The van der Waals surface area contributed by atoms with Gasteiger partial charge in [-0.05, 0) is 40.2 Å². The Bertz CT molecular complexity index is 374. The third kappa shape index (κ3) is 8.14. The summed E-state index contributed by atoms with van der Waals surface area (Å²) < 4.78 is 1.95. The number of nitrogens with one attached hydrogen (secondary N) is 1. The van der Waals surface area contributed by atoms with Crippen LogP contribution in [0, 0.1) is 0 Å². The van der Waals surface area contributed by atoms with E-state index in [4.69, 9.17) is 0 Å². The normalized spacial score (nSPS) is 12.0. The maximum absolute atomic E-state index is 4.20. The van der Waals surface area contributed by atoms with Crippen LogP contribution in [0.5, 0.6) is 0 Å². The van der Waals surface area contributed by atoms with Crippen LogP contribution in [0.15, 0.2) is 6.20 Å². The summed E-state index contributed by atoms with van der Waals surface area (Å²) in [6, 6.07) is 0.474. The minimum absolute atomic E-state index is 0.474. The monoisotopic (exact) mass is 296 g/mol. The van der Waals surface area contributed by atoms with Crippen molar-refractivity contribution in [3.8, 4) is 0 Å². The predicted octanol–water partition coefficient (Wildman–Crippen LogP) is 1.05. The molecule has 21 heavy (non-hydrogen) atoms. The molecule has 0 amide bonds. The van der Waals surface area contributed by atoms with Crippen molar-refractivity contribution in [2.24, 2.45) is 0 Å². The number of hydrogen-bond acceptors (Lipinski definition) is 5. The first-order chi connectivity index (χ1) is 10.0. The molecule has 0 bridgehead atoms. The second kappa shape index (κ2) is 9.87. The number of hydrogen-bond donors (Lipinski definition) is 1. The molecule has 6 heteroatoms. The largest absolute Gasteiger partial charge is 0.309 e. The van der Waals surface area contributed by atoms with E-state index in [0.29, 0.717) is 6.04 Å². The molecule has 6 nitrogen and oxygen atoms in total. The number of nitrogens with zero attached hydrogens (tertiary/aromatic N) is 5. The van der Waals surface area contributed by atoms with Crippen LogP contribution >= 0.6 is 0 Å². The SMILES string of the molecule is CCN(CCCN(C)C)CCn1cc(CNC(C)C)nn1. The van der Waals surface area contributed by atoms with Crippen molar-refractivity contribution in [1.29, 1.82) is 0 Å². The molecule has 122 valence electrons. The van der Waals surface area contributed by atoms with Crippen molar-refractivity contribution in [1.82, 2.24) is 30.1 Å². The van der Waals surface area contributed by atoms with Crippen LogP contribution in [-0.4, -0.2) is 71.1 Å². The first-order valence-electron chi connectivity index (χ1n) is 8.00. The van der Waals surface area contributed by atoms with E-state index in [1.807, 2.05) is 10.9 Å². The topological polar surface area (TPSA) is 49.2 Å². The van der Waals surface area contributed by atoms with Crippen LogP contribution in [-0.2, 0) is 13.1 Å². The molecule has 0 aliphatic carbocycles. The van der Waals surface area contributed by atoms with E-state index in [1.54, 1.807) is 0 Å². The standard InChI is InChI=1S/C15H32N6/c1-6-20(9-7-8-19(4)5)10-11-21-13-15(17-18-21)12-16-14(2)3/h13-14,16H,6-12H2,1-5H3. The average molecular weight is 296 g/mol. The van der Waals surface area contributed by atoms with Gasteiger partial charge in [-0.2, -0.15) is 0 Å². The molecular formula is C15H32N6. The number of likely N-dealkylation sites (N-methyl/N-ethyl adjacent to an activating group) is 1. The summed E-state index contributed by atoms with van der Waals surface area (Å²) >= 11 is 0. The molecule has 1 aromatic rings.